The van der Waals surface area contributed by atoms with Gasteiger partial charge in [0, 0.05) is 18.0 Å². The third-order valence-corrected chi connectivity index (χ3v) is 3.63. The number of nitrogen functional groups attached to an aromatic ring is 1. The number of hydrogen-bond donors (Lipinski definition) is 2. The number of anilines is 3. The smallest absolute Gasteiger partial charge is 0.175 e. The minimum Gasteiger partial charge on any atom is -0.381 e. The summed E-state index contributed by atoms with van der Waals surface area (Å²) in [5.41, 5.74) is 5.65. The van der Waals surface area contributed by atoms with Gasteiger partial charge in [0.25, 0.3) is 0 Å². The number of sulfone groups is 1. The highest BCUT2D eigenvalue weighted by Gasteiger charge is 2.11. The zero-order chi connectivity index (χ0) is 14.9. The topological polar surface area (TPSA) is 85.1 Å². The van der Waals surface area contributed by atoms with Crippen LogP contribution in [0.2, 0.25) is 0 Å². The molecule has 3 N–H and O–H groups in total. The Morgan fingerprint density at radius 1 is 1.15 bits per heavy atom. The molecule has 0 fully saturated rings. The number of benzene rings is 1. The number of aromatic nitrogens is 1. The maximum absolute atomic E-state index is 13.5. The van der Waals surface area contributed by atoms with Crippen LogP contribution >= 0.6 is 0 Å². The lowest BCUT2D eigenvalue weighted by Crippen LogP contribution is -2.03. The first-order chi connectivity index (χ1) is 9.27. The fourth-order valence-corrected chi connectivity index (χ4v) is 2.12. The number of nitrogens with one attached hydrogen (secondary N) is 1. The van der Waals surface area contributed by atoms with Gasteiger partial charge in [-0.2, -0.15) is 0 Å². The lowest BCUT2D eigenvalue weighted by molar-refractivity contribution is 0.581. The maximum Gasteiger partial charge on any atom is 0.175 e. The minimum absolute atomic E-state index is 0.134. The first-order valence-corrected chi connectivity index (χ1v) is 7.35. The summed E-state index contributed by atoms with van der Waals surface area (Å²) in [6.07, 6.45) is 1.08. The van der Waals surface area contributed by atoms with E-state index in [1.807, 2.05) is 0 Å². The normalized spacial score (nSPS) is 11.3. The van der Waals surface area contributed by atoms with Crippen LogP contribution in [0.1, 0.15) is 0 Å². The third kappa shape index (κ3) is 3.02. The highest BCUT2D eigenvalue weighted by Crippen LogP contribution is 2.22. The van der Waals surface area contributed by atoms with Gasteiger partial charge in [0.1, 0.15) is 0 Å². The largest absolute Gasteiger partial charge is 0.381 e. The van der Waals surface area contributed by atoms with Gasteiger partial charge >= 0.3 is 0 Å². The highest BCUT2D eigenvalue weighted by molar-refractivity contribution is 7.90. The molecule has 0 saturated heterocycles. The van der Waals surface area contributed by atoms with Gasteiger partial charge in [-0.1, -0.05) is 0 Å². The molecule has 0 aliphatic rings. The molecule has 0 bridgehead atoms. The molecule has 1 heterocycles. The Morgan fingerprint density at radius 3 is 2.30 bits per heavy atom. The van der Waals surface area contributed by atoms with Crippen molar-refractivity contribution in [2.24, 2.45) is 0 Å². The lowest BCUT2D eigenvalue weighted by Gasteiger charge is -2.08. The maximum atomic E-state index is 13.5. The number of pyridine rings is 1. The Labute approximate surface area is 114 Å². The van der Waals surface area contributed by atoms with Gasteiger partial charge in [0.15, 0.2) is 33.1 Å². The fraction of sp³-hybridized carbons (Fsp3) is 0.0833. The third-order valence-electron chi connectivity index (χ3n) is 2.50. The molecule has 0 aliphatic carbocycles. The zero-order valence-electron chi connectivity index (χ0n) is 10.4. The average molecular weight is 299 g/mol. The summed E-state index contributed by atoms with van der Waals surface area (Å²) >= 11 is 0. The van der Waals surface area contributed by atoms with E-state index in [9.17, 15) is 17.2 Å². The molecule has 0 atom stereocenters. The SMILES string of the molecule is CS(=O)(=O)c1ccc(Nc2nc(N)c(F)cc2F)cc1. The predicted molar refractivity (Wildman–Crippen MR) is 71.4 cm³/mol. The quantitative estimate of drug-likeness (QED) is 0.906. The Morgan fingerprint density at radius 2 is 1.75 bits per heavy atom. The zero-order valence-corrected chi connectivity index (χ0v) is 11.2. The molecular weight excluding hydrogens is 288 g/mol. The molecule has 0 spiro atoms. The molecule has 0 unspecified atom stereocenters. The second kappa shape index (κ2) is 5.04. The Kier molecular flexibility index (Phi) is 3.58. The second-order valence-electron chi connectivity index (χ2n) is 4.11. The van der Waals surface area contributed by atoms with E-state index in [4.69, 9.17) is 5.73 Å². The van der Waals surface area contributed by atoms with Crippen molar-refractivity contribution in [1.29, 1.82) is 0 Å². The van der Waals surface area contributed by atoms with Crippen LogP contribution in [0.25, 0.3) is 0 Å². The van der Waals surface area contributed by atoms with Crippen LogP contribution in [-0.2, 0) is 9.84 Å². The van der Waals surface area contributed by atoms with Crippen LogP contribution in [0.4, 0.5) is 26.1 Å². The van der Waals surface area contributed by atoms with Crippen molar-refractivity contribution in [2.75, 3.05) is 17.3 Å². The number of halogens is 2. The second-order valence-corrected chi connectivity index (χ2v) is 6.12. The molecule has 5 nitrogen and oxygen atoms in total. The van der Waals surface area contributed by atoms with Crippen LogP contribution < -0.4 is 11.1 Å². The molecule has 0 radical (unpaired) electrons. The minimum atomic E-state index is -3.30. The molecule has 0 amide bonds. The number of hydrogen-bond acceptors (Lipinski definition) is 5. The van der Waals surface area contributed by atoms with Gasteiger partial charge in [0.2, 0.25) is 0 Å². The summed E-state index contributed by atoms with van der Waals surface area (Å²) < 4.78 is 49.0. The van der Waals surface area contributed by atoms with Crippen molar-refractivity contribution >= 4 is 27.2 Å². The Bertz CT molecular complexity index is 746. The van der Waals surface area contributed by atoms with E-state index in [0.29, 0.717) is 11.8 Å². The highest BCUT2D eigenvalue weighted by atomic mass is 32.2. The van der Waals surface area contributed by atoms with Crippen molar-refractivity contribution in [3.63, 3.8) is 0 Å². The molecule has 2 rings (SSSR count). The first-order valence-electron chi connectivity index (χ1n) is 5.46. The summed E-state index contributed by atoms with van der Waals surface area (Å²) in [6, 6.07) is 6.23. The summed E-state index contributed by atoms with van der Waals surface area (Å²) in [6.45, 7) is 0. The Balaban J connectivity index is 2.29. The first kappa shape index (κ1) is 14.2. The van der Waals surface area contributed by atoms with Gasteiger partial charge in [0.05, 0.1) is 4.90 Å². The molecule has 8 heteroatoms. The van der Waals surface area contributed by atoms with E-state index >= 15 is 0 Å². The monoisotopic (exact) mass is 299 g/mol. The van der Waals surface area contributed by atoms with Crippen molar-refractivity contribution in [1.82, 2.24) is 4.98 Å². The van der Waals surface area contributed by atoms with E-state index in [0.717, 1.165) is 6.26 Å². The van der Waals surface area contributed by atoms with Gasteiger partial charge in [-0.15, -0.1) is 0 Å². The van der Waals surface area contributed by atoms with Crippen molar-refractivity contribution in [3.8, 4) is 0 Å². The molecule has 106 valence electrons. The van der Waals surface area contributed by atoms with Gasteiger partial charge in [-0.3, -0.25) is 0 Å². The Hall–Kier alpha value is -2.22. The van der Waals surface area contributed by atoms with Gasteiger partial charge < -0.3 is 11.1 Å². The van der Waals surface area contributed by atoms with Gasteiger partial charge in [-0.25, -0.2) is 22.2 Å². The number of rotatable bonds is 3. The van der Waals surface area contributed by atoms with Crippen LogP contribution in [0.5, 0.6) is 0 Å². The van der Waals surface area contributed by atoms with Gasteiger partial charge in [-0.05, 0) is 24.3 Å². The standard InChI is InChI=1S/C12H11F2N3O2S/c1-20(18,19)8-4-2-7(3-5-8)16-12-10(14)6-9(13)11(15)17-12/h2-6H,1H3,(H3,15,16,17). The lowest BCUT2D eigenvalue weighted by atomic mass is 10.3. The molecular formula is C12H11F2N3O2S. The molecule has 2 aromatic rings. The summed E-state index contributed by atoms with van der Waals surface area (Å²) in [4.78, 5) is 3.67. The molecule has 0 saturated carbocycles. The molecule has 0 aliphatic heterocycles. The van der Waals surface area contributed by atoms with E-state index in [1.54, 1.807) is 0 Å². The summed E-state index contributed by atoms with van der Waals surface area (Å²) in [5, 5.41) is 2.59. The van der Waals surface area contributed by atoms with E-state index in [2.05, 4.69) is 10.3 Å². The van der Waals surface area contributed by atoms with E-state index in [-0.39, 0.29) is 10.7 Å². The van der Waals surface area contributed by atoms with Crippen LogP contribution in [0, 0.1) is 11.6 Å². The molecule has 1 aromatic carbocycles. The fourth-order valence-electron chi connectivity index (χ4n) is 1.49. The molecule has 20 heavy (non-hydrogen) atoms. The van der Waals surface area contributed by atoms with E-state index in [1.165, 1.54) is 24.3 Å². The summed E-state index contributed by atoms with van der Waals surface area (Å²) in [5.74, 6) is -2.51. The predicted octanol–water partition coefficient (Wildman–Crippen LogP) is 2.09. The van der Waals surface area contributed by atoms with Crippen molar-refractivity contribution in [3.05, 3.63) is 42.0 Å². The molecule has 1 aromatic heterocycles. The van der Waals surface area contributed by atoms with Crippen molar-refractivity contribution < 1.29 is 17.2 Å². The average Bonchev–Trinajstić information content (AvgIpc) is 2.35. The van der Waals surface area contributed by atoms with Crippen LogP contribution in [-0.4, -0.2) is 19.7 Å². The number of nitrogens with two attached hydrogens (primary N) is 1. The van der Waals surface area contributed by atoms with Crippen LogP contribution in [0.15, 0.2) is 35.2 Å². The number of nitrogens with zero attached hydrogens (tertiary/aromatic N) is 1. The van der Waals surface area contributed by atoms with E-state index < -0.39 is 27.3 Å². The van der Waals surface area contributed by atoms with Crippen molar-refractivity contribution in [2.45, 2.75) is 4.90 Å². The van der Waals surface area contributed by atoms with Crippen LogP contribution in [0.3, 0.4) is 0 Å². The summed E-state index contributed by atoms with van der Waals surface area (Å²) in [7, 11) is -3.30.